The van der Waals surface area contributed by atoms with Crippen LogP contribution in [0.1, 0.15) is 25.8 Å². The number of hydrogen-bond donors (Lipinski definition) is 1. The molecule has 0 fully saturated rings. The molecule has 1 N–H and O–H groups in total. The Morgan fingerprint density at radius 2 is 1.88 bits per heavy atom. The highest BCUT2D eigenvalue weighted by atomic mass is 32.2. The Bertz CT molecular complexity index is 1320. The fourth-order valence-corrected chi connectivity index (χ4v) is 5.43. The lowest BCUT2D eigenvalue weighted by Gasteiger charge is -2.16. The van der Waals surface area contributed by atoms with E-state index < -0.39 is 21.4 Å². The number of nitrogens with one attached hydrogen (secondary N) is 1. The van der Waals surface area contributed by atoms with Gasteiger partial charge in [-0.3, -0.25) is 0 Å². The van der Waals surface area contributed by atoms with Crippen molar-refractivity contribution in [1.82, 2.24) is 9.97 Å². The highest BCUT2D eigenvalue weighted by Gasteiger charge is 2.16. The Kier molecular flexibility index (Phi) is 6.97. The first-order chi connectivity index (χ1) is 16.2. The first-order valence-electron chi connectivity index (χ1n) is 10.9. The second kappa shape index (κ2) is 9.92. The van der Waals surface area contributed by atoms with Gasteiger partial charge in [-0.25, -0.2) is 22.3 Å². The van der Waals surface area contributed by atoms with E-state index in [1.54, 1.807) is 18.4 Å². The van der Waals surface area contributed by atoms with Crippen LogP contribution in [0.25, 0.3) is 11.1 Å². The summed E-state index contributed by atoms with van der Waals surface area (Å²) < 4.78 is 57.4. The van der Waals surface area contributed by atoms with E-state index in [9.17, 15) is 13.0 Å². The molecule has 0 aliphatic carbocycles. The molecule has 4 rings (SSSR count). The molecular formula is C24H26F2N4O3S. The summed E-state index contributed by atoms with van der Waals surface area (Å²) in [5.41, 5.74) is 1.35. The molecule has 7 nitrogen and oxygen atoms in total. The van der Waals surface area contributed by atoms with E-state index in [1.165, 1.54) is 24.3 Å². The predicted molar refractivity (Wildman–Crippen MR) is 128 cm³/mol. The number of pyridine rings is 2. The van der Waals surface area contributed by atoms with Crippen molar-refractivity contribution in [2.24, 2.45) is 4.36 Å². The van der Waals surface area contributed by atoms with E-state index in [0.717, 1.165) is 11.8 Å². The van der Waals surface area contributed by atoms with Gasteiger partial charge >= 0.3 is 0 Å². The molecule has 4 bridgehead atoms. The number of anilines is 2. The lowest BCUT2D eigenvalue weighted by molar-refractivity contribution is 0.242. The number of rotatable bonds is 3. The third-order valence-corrected chi connectivity index (χ3v) is 6.61. The Balaban J connectivity index is 1.76. The van der Waals surface area contributed by atoms with E-state index in [1.807, 2.05) is 13.8 Å². The van der Waals surface area contributed by atoms with Crippen LogP contribution in [0.15, 0.2) is 47.0 Å². The summed E-state index contributed by atoms with van der Waals surface area (Å²) in [6, 6.07) is 8.88. The summed E-state index contributed by atoms with van der Waals surface area (Å²) in [6.45, 7) is 4.29. The van der Waals surface area contributed by atoms with Crippen molar-refractivity contribution < 1.29 is 22.5 Å². The molecule has 1 aliphatic rings. The number of benzene rings is 1. The zero-order chi connectivity index (χ0) is 24.3. The van der Waals surface area contributed by atoms with E-state index in [4.69, 9.17) is 9.47 Å². The van der Waals surface area contributed by atoms with Crippen LogP contribution in [0.3, 0.4) is 0 Å². The Morgan fingerprint density at radius 3 is 2.68 bits per heavy atom. The maximum atomic E-state index is 14.7. The summed E-state index contributed by atoms with van der Waals surface area (Å²) in [6.07, 6.45) is 3.19. The third-order valence-electron chi connectivity index (χ3n) is 4.87. The summed E-state index contributed by atoms with van der Waals surface area (Å²) in [7, 11) is -2.46. The van der Waals surface area contributed by atoms with Crippen LogP contribution in [0, 0.1) is 11.6 Å². The average molecular weight is 489 g/mol. The normalized spacial score (nSPS) is 15.1. The van der Waals surface area contributed by atoms with Gasteiger partial charge < -0.3 is 14.8 Å². The quantitative estimate of drug-likeness (QED) is 0.536. The Labute approximate surface area is 197 Å². The van der Waals surface area contributed by atoms with Gasteiger partial charge in [-0.1, -0.05) is 0 Å². The van der Waals surface area contributed by atoms with Crippen LogP contribution in [0.2, 0.25) is 0 Å². The second-order valence-electron chi connectivity index (χ2n) is 8.37. The van der Waals surface area contributed by atoms with E-state index in [2.05, 4.69) is 19.6 Å². The minimum Gasteiger partial charge on any atom is -0.493 e. The van der Waals surface area contributed by atoms with Gasteiger partial charge in [0, 0.05) is 45.7 Å². The molecule has 1 aliphatic heterocycles. The molecule has 0 saturated heterocycles. The van der Waals surface area contributed by atoms with Crippen LogP contribution in [0.5, 0.6) is 11.6 Å². The Morgan fingerprint density at radius 1 is 1.09 bits per heavy atom. The molecule has 1 aromatic carbocycles. The van der Waals surface area contributed by atoms with Gasteiger partial charge in [0.05, 0.1) is 31.2 Å². The smallest absolute Gasteiger partial charge is 0.215 e. The Hall–Kier alpha value is -3.27. The van der Waals surface area contributed by atoms with Gasteiger partial charge in [-0.15, -0.1) is 0 Å². The molecule has 0 spiro atoms. The van der Waals surface area contributed by atoms with Crippen molar-refractivity contribution >= 4 is 21.4 Å². The minimum atomic E-state index is -2.46. The number of aromatic nitrogens is 2. The molecule has 0 amide bonds. The van der Waals surface area contributed by atoms with Gasteiger partial charge in [-0.05, 0) is 43.7 Å². The first-order valence-corrected chi connectivity index (χ1v) is 13.0. The third kappa shape index (κ3) is 5.99. The maximum absolute atomic E-state index is 14.7. The zero-order valence-corrected chi connectivity index (χ0v) is 20.0. The average Bonchev–Trinajstić information content (AvgIpc) is 2.73. The van der Waals surface area contributed by atoms with Crippen LogP contribution in [0.4, 0.5) is 20.4 Å². The topological polar surface area (TPSA) is 85.7 Å². The molecule has 2 aromatic heterocycles. The van der Waals surface area contributed by atoms with Crippen molar-refractivity contribution in [3.8, 4) is 22.8 Å². The SMILES string of the molecule is CC(C)N=S(C)(=O)Cc1cc2nc(c1)OCCCOc1cc(F)ccc1-c1cc(ncc1F)N2. The molecule has 10 heteroatoms. The predicted octanol–water partition coefficient (Wildman–Crippen LogP) is 5.33. The highest BCUT2D eigenvalue weighted by molar-refractivity contribution is 7.92. The number of halogens is 2. The van der Waals surface area contributed by atoms with Gasteiger partial charge in [0.15, 0.2) is 0 Å². The number of fused-ring (bicyclic) bond motifs is 6. The van der Waals surface area contributed by atoms with E-state index >= 15 is 0 Å². The molecule has 34 heavy (non-hydrogen) atoms. The fraction of sp³-hybridized carbons (Fsp3) is 0.333. The molecule has 0 radical (unpaired) electrons. The van der Waals surface area contributed by atoms with Crippen molar-refractivity contribution in [1.29, 1.82) is 0 Å². The van der Waals surface area contributed by atoms with Crippen molar-refractivity contribution in [3.05, 3.63) is 59.8 Å². The number of nitrogens with zero attached hydrogens (tertiary/aromatic N) is 3. The van der Waals surface area contributed by atoms with Crippen molar-refractivity contribution in [2.45, 2.75) is 32.1 Å². The summed E-state index contributed by atoms with van der Waals surface area (Å²) >= 11 is 0. The summed E-state index contributed by atoms with van der Waals surface area (Å²) in [4.78, 5) is 8.57. The molecular weight excluding hydrogens is 462 g/mol. The lowest BCUT2D eigenvalue weighted by atomic mass is 10.0. The number of ether oxygens (including phenoxy) is 2. The zero-order valence-electron chi connectivity index (χ0n) is 19.2. The van der Waals surface area contributed by atoms with Gasteiger partial charge in [0.25, 0.3) is 0 Å². The van der Waals surface area contributed by atoms with Gasteiger partial charge in [-0.2, -0.15) is 4.98 Å². The highest BCUT2D eigenvalue weighted by Crippen LogP contribution is 2.34. The molecule has 180 valence electrons. The lowest BCUT2D eigenvalue weighted by Crippen LogP contribution is -2.10. The molecule has 1 atom stereocenters. The van der Waals surface area contributed by atoms with Crippen LogP contribution >= 0.6 is 0 Å². The largest absolute Gasteiger partial charge is 0.493 e. The van der Waals surface area contributed by atoms with E-state index in [0.29, 0.717) is 29.5 Å². The number of hydrogen-bond acceptors (Lipinski definition) is 7. The van der Waals surface area contributed by atoms with Gasteiger partial charge in [0.2, 0.25) is 5.88 Å². The molecule has 3 heterocycles. The van der Waals surface area contributed by atoms with Gasteiger partial charge in [0.1, 0.15) is 29.0 Å². The summed E-state index contributed by atoms with van der Waals surface area (Å²) in [5, 5.41) is 3.07. The standard InChI is InChI=1S/C24H26F2N4O3S/c1-15(2)30-34(3,31)14-16-9-23-28-22-12-19(20(26)13-27-22)18-6-5-17(25)11-21(18)32-7-4-8-33-24(10-16)29-23/h5-6,9-13,15H,4,7-8,14H2,1-3H3,(H,27,28,29). The van der Waals surface area contributed by atoms with Crippen molar-refractivity contribution in [3.63, 3.8) is 0 Å². The van der Waals surface area contributed by atoms with Crippen LogP contribution in [-0.2, 0) is 15.5 Å². The first kappa shape index (κ1) is 23.9. The van der Waals surface area contributed by atoms with Crippen LogP contribution in [-0.4, -0.2) is 39.7 Å². The molecule has 1 unspecified atom stereocenters. The maximum Gasteiger partial charge on any atom is 0.215 e. The van der Waals surface area contributed by atoms with Crippen molar-refractivity contribution in [2.75, 3.05) is 24.8 Å². The van der Waals surface area contributed by atoms with E-state index in [-0.39, 0.29) is 36.3 Å². The van der Waals surface area contributed by atoms with Crippen LogP contribution < -0.4 is 14.8 Å². The molecule has 0 saturated carbocycles. The summed E-state index contributed by atoms with van der Waals surface area (Å²) in [5.74, 6) is 0.480. The molecule has 3 aromatic rings. The monoisotopic (exact) mass is 488 g/mol. The fourth-order valence-electron chi connectivity index (χ4n) is 3.67. The second-order valence-corrected chi connectivity index (χ2v) is 10.8. The minimum absolute atomic E-state index is 0.0589.